The zero-order chi connectivity index (χ0) is 26.2. The van der Waals surface area contributed by atoms with Crippen LogP contribution in [0.25, 0.3) is 0 Å². The number of benzene rings is 5. The van der Waals surface area contributed by atoms with E-state index in [4.69, 9.17) is 18.9 Å². The third kappa shape index (κ3) is 5.91. The third-order valence-electron chi connectivity index (χ3n) is 5.39. The van der Waals surface area contributed by atoms with Crippen LogP contribution < -0.4 is 18.9 Å². The average Bonchev–Trinajstić information content (AvgIpc) is 2.97. The summed E-state index contributed by atoms with van der Waals surface area (Å²) in [5.74, 6) is 4.35. The molecular formula is C32H20N2O4. The minimum atomic E-state index is 0.186. The maximum Gasteiger partial charge on any atom is 0.171 e. The Labute approximate surface area is 220 Å². The number of hydrogen-bond acceptors (Lipinski definition) is 6. The molecule has 0 N–H and O–H groups in total. The van der Waals surface area contributed by atoms with E-state index in [0.29, 0.717) is 34.5 Å². The Morgan fingerprint density at radius 3 is 0.974 bits per heavy atom. The Bertz CT molecular complexity index is 1480. The van der Waals surface area contributed by atoms with Crippen LogP contribution in [-0.4, -0.2) is 0 Å². The molecular weight excluding hydrogens is 476 g/mol. The predicted octanol–water partition coefficient (Wildman–Crippen LogP) is 8.60. The molecule has 0 atom stereocenters. The molecule has 0 aromatic heterocycles. The number of ether oxygens (including phenoxy) is 4. The van der Waals surface area contributed by atoms with Gasteiger partial charge in [-0.1, -0.05) is 36.4 Å². The van der Waals surface area contributed by atoms with E-state index in [2.05, 4.69) is 0 Å². The maximum atomic E-state index is 9.52. The molecule has 5 aromatic carbocycles. The molecule has 0 amide bonds. The normalized spacial score (nSPS) is 10.1. The molecule has 0 spiro atoms. The van der Waals surface area contributed by atoms with Crippen LogP contribution in [0.1, 0.15) is 11.1 Å². The first-order chi connectivity index (χ1) is 18.7. The summed E-state index contributed by atoms with van der Waals surface area (Å²) in [6, 6.07) is 40.1. The van der Waals surface area contributed by atoms with Gasteiger partial charge in [0, 0.05) is 12.1 Å². The lowest BCUT2D eigenvalue weighted by atomic mass is 10.1. The largest absolute Gasteiger partial charge is 0.457 e. The number of nitrogens with zero attached hydrogens (tertiary/aromatic N) is 2. The van der Waals surface area contributed by atoms with Gasteiger partial charge in [0.25, 0.3) is 0 Å². The second-order valence-corrected chi connectivity index (χ2v) is 8.05. The van der Waals surface area contributed by atoms with E-state index >= 15 is 0 Å². The predicted molar refractivity (Wildman–Crippen MR) is 142 cm³/mol. The van der Waals surface area contributed by atoms with Gasteiger partial charge in [0.1, 0.15) is 46.6 Å². The average molecular weight is 497 g/mol. The van der Waals surface area contributed by atoms with Crippen LogP contribution in [-0.2, 0) is 0 Å². The van der Waals surface area contributed by atoms with Gasteiger partial charge >= 0.3 is 0 Å². The van der Waals surface area contributed by atoms with Crippen molar-refractivity contribution in [2.24, 2.45) is 0 Å². The van der Waals surface area contributed by atoms with Crippen molar-refractivity contribution in [3.63, 3.8) is 0 Å². The molecule has 182 valence electrons. The highest BCUT2D eigenvalue weighted by Crippen LogP contribution is 2.38. The second kappa shape index (κ2) is 11.3. The van der Waals surface area contributed by atoms with Crippen molar-refractivity contribution in [2.45, 2.75) is 0 Å². The second-order valence-electron chi connectivity index (χ2n) is 8.05. The molecule has 38 heavy (non-hydrogen) atoms. The first-order valence-electron chi connectivity index (χ1n) is 11.7. The molecule has 0 fully saturated rings. The molecule has 0 unspecified atom stereocenters. The standard InChI is InChI=1S/C32H20N2O4/c33-21-23-19-31(37-29-15-11-27(12-16-29)35-25-7-3-1-4-8-25)32(20-24(23)22-34)38-30-17-13-28(14-18-30)36-26-9-5-2-6-10-26/h1-20H. The molecule has 0 saturated carbocycles. The highest BCUT2D eigenvalue weighted by Gasteiger charge is 2.15. The van der Waals surface area contributed by atoms with Crippen LogP contribution in [0.4, 0.5) is 0 Å². The summed E-state index contributed by atoms with van der Waals surface area (Å²) in [5.41, 5.74) is 0.371. The van der Waals surface area contributed by atoms with Gasteiger partial charge in [-0.2, -0.15) is 10.5 Å². The van der Waals surface area contributed by atoms with Gasteiger partial charge in [-0.15, -0.1) is 0 Å². The molecule has 0 saturated heterocycles. The van der Waals surface area contributed by atoms with E-state index in [1.165, 1.54) is 12.1 Å². The first-order valence-corrected chi connectivity index (χ1v) is 11.7. The molecule has 5 aromatic rings. The van der Waals surface area contributed by atoms with E-state index in [-0.39, 0.29) is 11.1 Å². The van der Waals surface area contributed by atoms with Gasteiger partial charge in [-0.3, -0.25) is 0 Å². The summed E-state index contributed by atoms with van der Waals surface area (Å²) in [4.78, 5) is 0. The van der Waals surface area contributed by atoms with E-state index in [0.717, 1.165) is 11.5 Å². The van der Waals surface area contributed by atoms with Crippen LogP contribution in [0.5, 0.6) is 46.0 Å². The molecule has 0 bridgehead atoms. The van der Waals surface area contributed by atoms with Gasteiger partial charge in [-0.05, 0) is 72.8 Å². The lowest BCUT2D eigenvalue weighted by Gasteiger charge is -2.14. The third-order valence-corrected chi connectivity index (χ3v) is 5.39. The zero-order valence-corrected chi connectivity index (χ0v) is 20.1. The number of nitriles is 2. The van der Waals surface area contributed by atoms with E-state index < -0.39 is 0 Å². The fourth-order valence-corrected chi connectivity index (χ4v) is 3.56. The van der Waals surface area contributed by atoms with E-state index in [9.17, 15) is 10.5 Å². The summed E-state index contributed by atoms with van der Waals surface area (Å²) in [7, 11) is 0. The van der Waals surface area contributed by atoms with E-state index in [1.807, 2.05) is 72.8 Å². The van der Waals surface area contributed by atoms with Gasteiger partial charge in [0.15, 0.2) is 11.5 Å². The van der Waals surface area contributed by atoms with Crippen LogP contribution >= 0.6 is 0 Å². The topological polar surface area (TPSA) is 84.5 Å². The smallest absolute Gasteiger partial charge is 0.171 e. The number of rotatable bonds is 8. The van der Waals surface area contributed by atoms with Gasteiger partial charge in [-0.25, -0.2) is 0 Å². The van der Waals surface area contributed by atoms with Crippen molar-refractivity contribution in [3.05, 3.63) is 132 Å². The van der Waals surface area contributed by atoms with Gasteiger partial charge in [0.2, 0.25) is 0 Å². The SMILES string of the molecule is N#Cc1cc(Oc2ccc(Oc3ccccc3)cc2)c(Oc2ccc(Oc3ccccc3)cc2)cc1C#N. The highest BCUT2D eigenvalue weighted by molar-refractivity contribution is 5.58. The van der Waals surface area contributed by atoms with Crippen molar-refractivity contribution < 1.29 is 18.9 Å². The van der Waals surface area contributed by atoms with Crippen molar-refractivity contribution in [1.82, 2.24) is 0 Å². The Balaban J connectivity index is 1.36. The Kier molecular flexibility index (Phi) is 7.16. The fourth-order valence-electron chi connectivity index (χ4n) is 3.56. The number of hydrogen-bond donors (Lipinski definition) is 0. The van der Waals surface area contributed by atoms with Gasteiger partial charge < -0.3 is 18.9 Å². The van der Waals surface area contributed by atoms with Crippen LogP contribution in [0.2, 0.25) is 0 Å². The molecule has 6 heteroatoms. The van der Waals surface area contributed by atoms with Crippen LogP contribution in [0.15, 0.2) is 121 Å². The highest BCUT2D eigenvalue weighted by atomic mass is 16.5. The first kappa shape index (κ1) is 24.0. The molecule has 6 nitrogen and oxygen atoms in total. The van der Waals surface area contributed by atoms with Crippen LogP contribution in [0, 0.1) is 22.7 Å². The number of para-hydroxylation sites is 2. The summed E-state index contributed by atoms with van der Waals surface area (Å²) in [5, 5.41) is 19.0. The molecule has 5 rings (SSSR count). The van der Waals surface area contributed by atoms with Crippen molar-refractivity contribution in [1.29, 1.82) is 10.5 Å². The Hall–Kier alpha value is -5.72. The monoisotopic (exact) mass is 496 g/mol. The quantitative estimate of drug-likeness (QED) is 0.214. The Morgan fingerprint density at radius 1 is 0.368 bits per heavy atom. The molecule has 0 aliphatic heterocycles. The molecule has 0 aliphatic carbocycles. The zero-order valence-electron chi connectivity index (χ0n) is 20.1. The lowest BCUT2D eigenvalue weighted by molar-refractivity contribution is 0.416. The summed E-state index contributed by atoms with van der Waals surface area (Å²) >= 11 is 0. The summed E-state index contributed by atoms with van der Waals surface area (Å²) < 4.78 is 23.8. The van der Waals surface area contributed by atoms with Crippen molar-refractivity contribution >= 4 is 0 Å². The minimum Gasteiger partial charge on any atom is -0.457 e. The molecule has 0 aliphatic rings. The lowest BCUT2D eigenvalue weighted by Crippen LogP contribution is -1.95. The summed E-state index contributed by atoms with van der Waals surface area (Å²) in [6.45, 7) is 0. The Morgan fingerprint density at radius 2 is 0.658 bits per heavy atom. The molecule has 0 heterocycles. The fraction of sp³-hybridized carbons (Fsp3) is 0. The maximum absolute atomic E-state index is 9.52. The minimum absolute atomic E-state index is 0.186. The van der Waals surface area contributed by atoms with Crippen molar-refractivity contribution in [3.8, 4) is 58.1 Å². The molecule has 0 radical (unpaired) electrons. The summed E-state index contributed by atoms with van der Waals surface area (Å²) in [6.07, 6.45) is 0. The van der Waals surface area contributed by atoms with Crippen LogP contribution in [0.3, 0.4) is 0 Å². The van der Waals surface area contributed by atoms with Crippen molar-refractivity contribution in [2.75, 3.05) is 0 Å². The van der Waals surface area contributed by atoms with E-state index in [1.54, 1.807) is 48.5 Å². The van der Waals surface area contributed by atoms with Gasteiger partial charge in [0.05, 0.1) is 11.1 Å².